The molecule has 2 heteroatoms. The van der Waals surface area contributed by atoms with Crippen molar-refractivity contribution in [3.05, 3.63) is 29.3 Å². The van der Waals surface area contributed by atoms with Crippen molar-refractivity contribution in [2.45, 2.75) is 33.1 Å². The predicted molar refractivity (Wildman–Crippen MR) is 66.5 cm³/mol. The van der Waals surface area contributed by atoms with Gasteiger partial charge in [-0.1, -0.05) is 26.0 Å². The third kappa shape index (κ3) is 1.76. The molecule has 0 saturated heterocycles. The lowest BCUT2D eigenvalue weighted by atomic mass is 9.96. The normalized spacial score (nSPS) is 24.7. The first-order valence-electron chi connectivity index (χ1n) is 6.38. The van der Waals surface area contributed by atoms with Gasteiger partial charge in [-0.2, -0.15) is 0 Å². The standard InChI is InChI=1S/C15H18O2/c1-15(2)9-12(15)13(16)11-7-3-5-10-6-4-8-17-14(10)11/h3,5,7,12H,4,6,8-9H2,1-2H3. The molecular formula is C15H18O2. The van der Waals surface area contributed by atoms with E-state index >= 15 is 0 Å². The summed E-state index contributed by atoms with van der Waals surface area (Å²) in [5.74, 6) is 1.32. The van der Waals surface area contributed by atoms with Crippen LogP contribution in [-0.2, 0) is 6.42 Å². The number of hydrogen-bond donors (Lipinski definition) is 0. The molecule has 0 spiro atoms. The molecule has 0 bridgehead atoms. The summed E-state index contributed by atoms with van der Waals surface area (Å²) in [6.07, 6.45) is 3.10. The molecule has 0 N–H and O–H groups in total. The van der Waals surface area contributed by atoms with Crippen LogP contribution in [-0.4, -0.2) is 12.4 Å². The van der Waals surface area contributed by atoms with Gasteiger partial charge in [0.15, 0.2) is 5.78 Å². The molecule has 90 valence electrons. The third-order valence-corrected chi connectivity index (χ3v) is 4.03. The molecule has 0 radical (unpaired) electrons. The quantitative estimate of drug-likeness (QED) is 0.729. The van der Waals surface area contributed by atoms with Crippen molar-refractivity contribution in [3.8, 4) is 5.75 Å². The minimum atomic E-state index is 0.189. The van der Waals surface area contributed by atoms with E-state index in [0.29, 0.717) is 0 Å². The molecule has 1 aliphatic heterocycles. The van der Waals surface area contributed by atoms with Crippen molar-refractivity contribution in [2.75, 3.05) is 6.61 Å². The highest BCUT2D eigenvalue weighted by molar-refractivity contribution is 6.02. The van der Waals surface area contributed by atoms with Crippen molar-refractivity contribution in [1.29, 1.82) is 0 Å². The monoisotopic (exact) mass is 230 g/mol. The Kier molecular flexibility index (Phi) is 2.29. The van der Waals surface area contributed by atoms with Crippen molar-refractivity contribution in [3.63, 3.8) is 0 Å². The third-order valence-electron chi connectivity index (χ3n) is 4.03. The van der Waals surface area contributed by atoms with Crippen LogP contribution in [0.5, 0.6) is 5.75 Å². The van der Waals surface area contributed by atoms with Crippen LogP contribution in [0.3, 0.4) is 0 Å². The zero-order chi connectivity index (χ0) is 12.0. The van der Waals surface area contributed by atoms with E-state index in [2.05, 4.69) is 19.9 Å². The molecule has 1 heterocycles. The lowest BCUT2D eigenvalue weighted by Gasteiger charge is -2.20. The molecule has 1 saturated carbocycles. The van der Waals surface area contributed by atoms with Gasteiger partial charge in [0.2, 0.25) is 0 Å². The largest absolute Gasteiger partial charge is 0.493 e. The molecule has 1 fully saturated rings. The van der Waals surface area contributed by atoms with E-state index in [4.69, 9.17) is 4.74 Å². The number of rotatable bonds is 2. The van der Waals surface area contributed by atoms with Crippen LogP contribution < -0.4 is 4.74 Å². The average Bonchev–Trinajstić information content (AvgIpc) is 2.97. The van der Waals surface area contributed by atoms with Gasteiger partial charge < -0.3 is 4.74 Å². The molecule has 0 amide bonds. The maximum absolute atomic E-state index is 12.4. The number of para-hydroxylation sites is 1. The number of fused-ring (bicyclic) bond motifs is 1. The molecule has 1 atom stereocenters. The van der Waals surface area contributed by atoms with Crippen LogP contribution in [0, 0.1) is 11.3 Å². The molecule has 2 aliphatic rings. The van der Waals surface area contributed by atoms with Crippen molar-refractivity contribution in [1.82, 2.24) is 0 Å². The fourth-order valence-electron chi connectivity index (χ4n) is 2.69. The molecular weight excluding hydrogens is 212 g/mol. The van der Waals surface area contributed by atoms with Crippen LogP contribution in [0.2, 0.25) is 0 Å². The van der Waals surface area contributed by atoms with Crippen molar-refractivity contribution in [2.24, 2.45) is 11.3 Å². The number of ketones is 1. The number of benzene rings is 1. The maximum Gasteiger partial charge on any atom is 0.170 e. The molecule has 2 nitrogen and oxygen atoms in total. The number of Topliss-reactive ketones (excluding diaryl/α,β-unsaturated/α-hetero) is 1. The molecule has 1 aliphatic carbocycles. The first kappa shape index (κ1) is 10.8. The second-order valence-electron chi connectivity index (χ2n) is 5.86. The van der Waals surface area contributed by atoms with Gasteiger partial charge >= 0.3 is 0 Å². The topological polar surface area (TPSA) is 26.3 Å². The smallest absolute Gasteiger partial charge is 0.170 e. The highest BCUT2D eigenvalue weighted by Gasteiger charge is 2.51. The maximum atomic E-state index is 12.4. The Bertz CT molecular complexity index is 474. The fourth-order valence-corrected chi connectivity index (χ4v) is 2.69. The first-order chi connectivity index (χ1) is 8.09. The molecule has 1 aromatic carbocycles. The second-order valence-corrected chi connectivity index (χ2v) is 5.86. The summed E-state index contributed by atoms with van der Waals surface area (Å²) in [7, 11) is 0. The Morgan fingerprint density at radius 2 is 2.18 bits per heavy atom. The van der Waals surface area contributed by atoms with Gasteiger partial charge in [0.1, 0.15) is 5.75 Å². The highest BCUT2D eigenvalue weighted by Crippen LogP contribution is 2.53. The predicted octanol–water partition coefficient (Wildman–Crippen LogP) is 3.24. The van der Waals surface area contributed by atoms with Gasteiger partial charge in [0, 0.05) is 5.92 Å². The second kappa shape index (κ2) is 3.59. The number of ether oxygens (including phenoxy) is 1. The van der Waals surface area contributed by atoms with E-state index in [1.165, 1.54) is 5.56 Å². The summed E-state index contributed by atoms with van der Waals surface area (Å²) in [4.78, 5) is 12.4. The minimum Gasteiger partial charge on any atom is -0.493 e. The highest BCUT2D eigenvalue weighted by atomic mass is 16.5. The number of aryl methyl sites for hydroxylation is 1. The van der Waals surface area contributed by atoms with Crippen LogP contribution in [0.25, 0.3) is 0 Å². The fraction of sp³-hybridized carbons (Fsp3) is 0.533. The minimum absolute atomic E-state index is 0.189. The summed E-state index contributed by atoms with van der Waals surface area (Å²) in [5.41, 5.74) is 2.19. The zero-order valence-corrected chi connectivity index (χ0v) is 10.5. The van der Waals surface area contributed by atoms with E-state index in [1.54, 1.807) is 0 Å². The molecule has 1 aromatic rings. The SMILES string of the molecule is CC1(C)CC1C(=O)c1cccc2c1OCCC2. The zero-order valence-electron chi connectivity index (χ0n) is 10.5. The van der Waals surface area contributed by atoms with Gasteiger partial charge in [-0.25, -0.2) is 0 Å². The number of carbonyl (C=O) groups is 1. The summed E-state index contributed by atoms with van der Waals surface area (Å²) in [6, 6.07) is 5.97. The van der Waals surface area contributed by atoms with E-state index in [0.717, 1.165) is 37.2 Å². The molecule has 17 heavy (non-hydrogen) atoms. The Labute approximate surface area is 102 Å². The summed E-state index contributed by atoms with van der Waals surface area (Å²) in [6.45, 7) is 5.06. The van der Waals surface area contributed by atoms with Crippen molar-refractivity contribution < 1.29 is 9.53 Å². The van der Waals surface area contributed by atoms with Gasteiger partial charge in [0.25, 0.3) is 0 Å². The van der Waals surface area contributed by atoms with Crippen LogP contribution in [0.15, 0.2) is 18.2 Å². The molecule has 1 unspecified atom stereocenters. The average molecular weight is 230 g/mol. The van der Waals surface area contributed by atoms with Crippen LogP contribution in [0.4, 0.5) is 0 Å². The van der Waals surface area contributed by atoms with E-state index in [-0.39, 0.29) is 17.1 Å². The Morgan fingerprint density at radius 3 is 2.88 bits per heavy atom. The van der Waals surface area contributed by atoms with Crippen molar-refractivity contribution >= 4 is 5.78 Å². The van der Waals surface area contributed by atoms with Gasteiger partial charge in [-0.3, -0.25) is 4.79 Å². The van der Waals surface area contributed by atoms with E-state index in [1.807, 2.05) is 12.1 Å². The molecule has 0 aromatic heterocycles. The Balaban J connectivity index is 1.96. The van der Waals surface area contributed by atoms with E-state index < -0.39 is 0 Å². The summed E-state index contributed by atoms with van der Waals surface area (Å²) in [5, 5.41) is 0. The van der Waals surface area contributed by atoms with Crippen LogP contribution in [0.1, 0.15) is 42.6 Å². The number of hydrogen-bond acceptors (Lipinski definition) is 2. The van der Waals surface area contributed by atoms with E-state index in [9.17, 15) is 4.79 Å². The number of carbonyl (C=O) groups excluding carboxylic acids is 1. The Hall–Kier alpha value is -1.31. The van der Waals surface area contributed by atoms with Gasteiger partial charge in [0.05, 0.1) is 12.2 Å². The first-order valence-corrected chi connectivity index (χ1v) is 6.38. The summed E-state index contributed by atoms with van der Waals surface area (Å²) >= 11 is 0. The molecule has 3 rings (SSSR count). The lowest BCUT2D eigenvalue weighted by molar-refractivity contribution is 0.0948. The summed E-state index contributed by atoms with van der Waals surface area (Å²) < 4.78 is 5.70. The lowest BCUT2D eigenvalue weighted by Crippen LogP contribution is -2.14. The van der Waals surface area contributed by atoms with Crippen LogP contribution >= 0.6 is 0 Å². The van der Waals surface area contributed by atoms with Gasteiger partial charge in [-0.15, -0.1) is 0 Å². The van der Waals surface area contributed by atoms with Gasteiger partial charge in [-0.05, 0) is 36.3 Å². The Morgan fingerprint density at radius 1 is 1.41 bits per heavy atom.